The van der Waals surface area contributed by atoms with Crippen LogP contribution in [0.1, 0.15) is 259 Å². The number of rotatable bonds is 29. The predicted octanol–water partition coefficient (Wildman–Crippen LogP) is 22.8. The zero-order chi connectivity index (χ0) is 98.5. The molecular weight excluding hydrogens is 1850 g/mol. The molecule has 5 atom stereocenters. The third kappa shape index (κ3) is 32.9. The Kier molecular flexibility index (Phi) is 45.2. The molecule has 0 spiro atoms. The zero-order valence-corrected chi connectivity index (χ0v) is 79.2. The smallest absolute Gasteiger partial charge is 0.468 e. The Morgan fingerprint density at radius 1 is 0.402 bits per heavy atom. The Morgan fingerprint density at radius 3 is 0.850 bits per heavy atom. The number of nitrogens with zero attached hydrogens (tertiary/aromatic N) is 1. The second-order valence-electron chi connectivity index (χ2n) is 31.2. The van der Waals surface area contributed by atoms with Crippen LogP contribution >= 0.6 is 0 Å². The third-order valence-corrected chi connectivity index (χ3v) is 28.5. The van der Waals surface area contributed by atoms with Crippen molar-refractivity contribution < 1.29 is 150 Å². The number of esters is 2. The normalized spacial score (nSPS) is 15.8. The Labute approximate surface area is 747 Å². The van der Waals surface area contributed by atoms with Crippen molar-refractivity contribution in [1.82, 2.24) is 0 Å². The van der Waals surface area contributed by atoms with Gasteiger partial charge < -0.3 is 37.2 Å². The van der Waals surface area contributed by atoms with Gasteiger partial charge in [0, 0.05) is 0 Å². The molecule has 2 fully saturated rings. The lowest BCUT2D eigenvalue weighted by molar-refractivity contribution is -0.247. The molecule has 6 aromatic rings. The van der Waals surface area contributed by atoms with Gasteiger partial charge >= 0.3 is 80.6 Å². The maximum atomic E-state index is 14.0. The Hall–Kier alpha value is -7.22. The fourth-order valence-electron chi connectivity index (χ4n) is 10.7. The number of benzene rings is 6. The molecule has 0 aromatic heterocycles. The lowest BCUT2D eigenvalue weighted by atomic mass is 9.89. The van der Waals surface area contributed by atoms with E-state index in [1.54, 1.807) is 45.0 Å². The van der Waals surface area contributed by atoms with Crippen LogP contribution in [0.25, 0.3) is 0 Å². The molecule has 0 radical (unpaired) electrons. The number of phenolic OH excluding ortho intramolecular Hbond substituents is 2. The molecule has 0 amide bonds. The number of carbonyl (C=O) groups is 2. The van der Waals surface area contributed by atoms with Gasteiger partial charge in [0.25, 0.3) is 0 Å². The van der Waals surface area contributed by atoms with E-state index in [2.05, 4.69) is 75.2 Å². The van der Waals surface area contributed by atoms with E-state index >= 15 is 0 Å². The third-order valence-electron chi connectivity index (χ3n) is 21.3. The van der Waals surface area contributed by atoms with Gasteiger partial charge in [-0.3, -0.25) is 13.8 Å². The van der Waals surface area contributed by atoms with Crippen LogP contribution in [0.2, 0.25) is 0 Å². The highest BCUT2D eigenvalue weighted by atomic mass is 32.3. The molecule has 0 saturated heterocycles. The lowest BCUT2D eigenvalue weighted by Gasteiger charge is -2.32. The molecule has 2 aliphatic rings. The molecule has 722 valence electrons. The summed E-state index contributed by atoms with van der Waals surface area (Å²) < 4.78 is 340. The van der Waals surface area contributed by atoms with Gasteiger partial charge in [-0.25, -0.2) is 8.42 Å². The molecule has 2 aliphatic carbocycles. The maximum Gasteiger partial charge on any atom is 0.468 e. The van der Waals surface area contributed by atoms with E-state index in [1.807, 2.05) is 133 Å². The van der Waals surface area contributed by atoms with Crippen LogP contribution in [0.5, 0.6) is 23.0 Å². The summed E-state index contributed by atoms with van der Waals surface area (Å²) in [7, 11) is -36.7. The topological polar surface area (TPSA) is 324 Å². The summed E-state index contributed by atoms with van der Waals surface area (Å²) >= 11 is 6.71. The van der Waals surface area contributed by atoms with E-state index in [-0.39, 0.29) is 45.8 Å². The molecule has 2 N–H and O–H groups in total. The van der Waals surface area contributed by atoms with Crippen LogP contribution in [0.15, 0.2) is 171 Å². The lowest BCUT2D eigenvalue weighted by Crippen LogP contribution is -2.61. The van der Waals surface area contributed by atoms with Crippen molar-refractivity contribution in [3.05, 3.63) is 180 Å². The van der Waals surface area contributed by atoms with Crippen LogP contribution in [0.3, 0.4) is 0 Å². The van der Waals surface area contributed by atoms with Crippen LogP contribution in [-0.4, -0.2) is 119 Å². The van der Waals surface area contributed by atoms with E-state index in [1.165, 1.54) is 48.9 Å². The molecule has 0 aliphatic heterocycles. The molecule has 127 heavy (non-hydrogen) atoms. The number of carbonyl (C=O) groups excluding carboxylic acids is 2. The highest BCUT2D eigenvalue weighted by Gasteiger charge is 2.84. The van der Waals surface area contributed by atoms with Gasteiger partial charge in [-0.15, -0.1) is 3.77 Å². The van der Waals surface area contributed by atoms with E-state index in [0.29, 0.717) is 63.2 Å². The van der Waals surface area contributed by atoms with E-state index in [0.717, 1.165) is 98.3 Å². The summed E-state index contributed by atoms with van der Waals surface area (Å²) in [6.07, 6.45) is 16.1. The van der Waals surface area contributed by atoms with Gasteiger partial charge in [-0.1, -0.05) is 168 Å². The number of alkyl halides is 15. The average molecular weight is 1970 g/mol. The summed E-state index contributed by atoms with van der Waals surface area (Å²) in [6, 6.07) is 42.4. The fraction of sp³-hybridized carbons (Fsp3) is 0.553. The second-order valence-corrected chi connectivity index (χ2v) is 40.5. The Morgan fingerprint density at radius 2 is 0.646 bits per heavy atom. The minimum atomic E-state index is -7.96. The van der Waals surface area contributed by atoms with E-state index in [9.17, 15) is 122 Å². The van der Waals surface area contributed by atoms with Crippen molar-refractivity contribution in [1.29, 1.82) is 0 Å². The van der Waals surface area contributed by atoms with Crippen molar-refractivity contribution in [2.24, 2.45) is 14.6 Å². The van der Waals surface area contributed by atoms with Gasteiger partial charge in [-0.05, 0) is 274 Å². The minimum absolute atomic E-state index is 0.0197. The number of sulfonamides is 1. The van der Waals surface area contributed by atoms with E-state index in [4.69, 9.17) is 19.7 Å². The van der Waals surface area contributed by atoms with Crippen molar-refractivity contribution >= 4 is 87.6 Å². The van der Waals surface area contributed by atoms with Crippen LogP contribution in [0.4, 0.5) is 65.9 Å². The highest BCUT2D eigenvalue weighted by molar-refractivity contribution is 8.01. The fourth-order valence-corrected chi connectivity index (χ4v) is 15.7. The van der Waals surface area contributed by atoms with Crippen molar-refractivity contribution in [3.63, 3.8) is 0 Å². The monoisotopic (exact) mass is 1960 g/mol. The molecule has 8 rings (SSSR count). The maximum absolute atomic E-state index is 14.0. The number of phenols is 2. The first-order valence-electron chi connectivity index (χ1n) is 40.2. The highest BCUT2D eigenvalue weighted by Crippen LogP contribution is 2.54. The summed E-state index contributed by atoms with van der Waals surface area (Å²) in [5.41, 5.74) is -3.93. The number of hydrogen-bond donors (Lipinski definition) is 2. The summed E-state index contributed by atoms with van der Waals surface area (Å²) in [5, 5.41) is -10.2. The zero-order valence-electron chi connectivity index (χ0n) is 73.1. The molecule has 0 heterocycles. The standard InChI is InChI=1S/C14H14F9NO7S3.C13H14F6O6S2.2C13H24O2.2C10H14O.2C6H6S/c1-3-8(2)9-4-6-10(7-5-9)31-34(29,30)13(19,20)11(15,16)12(17,18)32(25,26)24-33(27,28)14(21,22)23;1-3-8(2)9-4-6-10(7-5-9)25-27(23,24)13(18,19)11(14,15)12(16,17)26(20,21)22;2*1-5-12(3,4)11(14)15-13(6-2)9-7-8-10-13;2*1-3-8(2)9-4-6-10(11)7-5-9;2*7-6-4-2-1-3-5-6/h4-8H,3H2,1-2H3,(H,24,27,28);4-8H,3H2,1-2H3,(H,20,21,22);2*5-10H2,1-4H3;2*4-8,11H,3H2,1-2H3;2*1-5,7H. The Balaban J connectivity index is 0.000000768. The first-order chi connectivity index (χ1) is 58.0. The quantitative estimate of drug-likeness (QED) is 0.0145. The number of halogens is 15. The van der Waals surface area contributed by atoms with Gasteiger partial charge in [-0.2, -0.15) is 91.1 Å². The predicted molar refractivity (Wildman–Crippen MR) is 462 cm³/mol. The summed E-state index contributed by atoms with van der Waals surface area (Å²) in [5.74, 6) is -15.0. The SMILES string of the molecule is CCC(C)c1ccc(O)cc1.CCC(C)c1ccc(O)cc1.CCC(C)c1ccc(OS(=O)(=O)C(F)(F)C(F)(F)C(F)(F)S(=O)(=O)N=S(=O)([O-])C(F)(F)F)cc1.CCC(C)c1ccc(OS(=O)(=O)C(F)(F)C(F)(F)C(F)(F)S(=O)(=O)[O-])cc1.CCC1(OC(=O)C(C)(C)CC)CCCC1.CCC1(OC(=O)C(C)(C)CC)CCCC1.[SH2+]c1ccccc1.[SH2+]c1ccccc1. The Bertz CT molecular complexity index is 4830. The first kappa shape index (κ1) is 118. The molecule has 42 heteroatoms. The molecule has 5 unspecified atom stereocenters. The number of ether oxygens (including phenoxy) is 2. The van der Waals surface area contributed by atoms with Crippen molar-refractivity contribution in [2.45, 2.75) is 297 Å². The van der Waals surface area contributed by atoms with Crippen molar-refractivity contribution in [3.8, 4) is 23.0 Å². The second kappa shape index (κ2) is 48.8. The molecule has 0 bridgehead atoms. The molecule has 6 aromatic carbocycles. The summed E-state index contributed by atoms with van der Waals surface area (Å²) in [4.78, 5) is 26.2. The van der Waals surface area contributed by atoms with E-state index < -0.39 is 100 Å². The van der Waals surface area contributed by atoms with Gasteiger partial charge in [0.2, 0.25) is 0 Å². The number of aromatic hydroxyl groups is 2. The van der Waals surface area contributed by atoms with Crippen LogP contribution in [-0.2, 0) is 94.7 Å². The molecule has 2 saturated carbocycles. The van der Waals surface area contributed by atoms with Gasteiger partial charge in [0.15, 0.2) is 10.1 Å². The van der Waals surface area contributed by atoms with Gasteiger partial charge in [0.1, 0.15) is 54.0 Å². The van der Waals surface area contributed by atoms with Crippen LogP contribution in [0, 0.1) is 10.8 Å². The van der Waals surface area contributed by atoms with Crippen LogP contribution < -0.4 is 8.37 Å². The molecule has 20 nitrogen and oxygen atoms in total. The number of hydrogen-bond acceptors (Lipinski definition) is 19. The minimum Gasteiger partial charge on any atom is -0.757 e. The first-order valence-corrected chi connectivity index (χ1v) is 48.3. The van der Waals surface area contributed by atoms with Gasteiger partial charge in [0.05, 0.1) is 10.8 Å². The van der Waals surface area contributed by atoms with Crippen molar-refractivity contribution in [2.75, 3.05) is 0 Å². The average Bonchev–Trinajstić information content (AvgIpc) is 1.08. The largest absolute Gasteiger partial charge is 0.757 e. The molecular formula is C85H116F15NO19S7. The summed E-state index contributed by atoms with van der Waals surface area (Å²) in [6.45, 7) is 31.9.